The monoisotopic (exact) mass is 374 g/mol. The van der Waals surface area contributed by atoms with E-state index >= 15 is 0 Å². The number of carbonyl (C=O) groups is 2. The molecule has 0 bridgehead atoms. The standard InChI is InChI=1S/C19H24N2O3.CH2O2/c1-4-21-7-5-14(6-8-21)19(23)20-16-11-15-12(2)10-18(22)24-17(15)9-13(16)3;2-1-3/h9-11,14H,4-8H2,1-3H3,(H,20,23);1H,(H,2,3). The number of hydrogen-bond acceptors (Lipinski definition) is 5. The van der Waals surface area contributed by atoms with Crippen molar-refractivity contribution in [3.05, 3.63) is 39.7 Å². The maximum Gasteiger partial charge on any atom is 0.336 e. The van der Waals surface area contributed by atoms with Crippen LogP contribution in [0.2, 0.25) is 0 Å². The third kappa shape index (κ3) is 5.17. The molecule has 0 spiro atoms. The topological polar surface area (TPSA) is 99.9 Å². The Morgan fingerprint density at radius 3 is 2.48 bits per heavy atom. The third-order valence-corrected chi connectivity index (χ3v) is 4.96. The van der Waals surface area contributed by atoms with Gasteiger partial charge in [0.2, 0.25) is 5.91 Å². The normalized spacial score (nSPS) is 15.1. The molecule has 1 aliphatic heterocycles. The van der Waals surface area contributed by atoms with E-state index in [0.29, 0.717) is 5.58 Å². The first-order valence-electron chi connectivity index (χ1n) is 9.05. The maximum absolute atomic E-state index is 12.6. The lowest BCUT2D eigenvalue weighted by atomic mass is 9.95. The third-order valence-electron chi connectivity index (χ3n) is 4.96. The molecule has 1 amide bonds. The van der Waals surface area contributed by atoms with Crippen LogP contribution in [-0.2, 0) is 9.59 Å². The van der Waals surface area contributed by atoms with Gasteiger partial charge in [0.05, 0.1) is 0 Å². The van der Waals surface area contributed by atoms with E-state index in [1.165, 1.54) is 6.07 Å². The first-order valence-corrected chi connectivity index (χ1v) is 9.05. The van der Waals surface area contributed by atoms with E-state index in [4.69, 9.17) is 14.3 Å². The predicted octanol–water partition coefficient (Wildman–Crippen LogP) is 2.78. The molecular formula is C20H26N2O5. The number of anilines is 1. The van der Waals surface area contributed by atoms with Crippen molar-refractivity contribution < 1.29 is 19.1 Å². The van der Waals surface area contributed by atoms with Gasteiger partial charge in [-0.15, -0.1) is 0 Å². The molecule has 2 N–H and O–H groups in total. The molecule has 0 aliphatic carbocycles. The number of nitrogens with one attached hydrogen (secondary N) is 1. The Bertz CT molecular complexity index is 867. The summed E-state index contributed by atoms with van der Waals surface area (Å²) in [7, 11) is 0. The van der Waals surface area contributed by atoms with Crippen LogP contribution in [0, 0.1) is 19.8 Å². The number of fused-ring (bicyclic) bond motifs is 1. The summed E-state index contributed by atoms with van der Waals surface area (Å²) < 4.78 is 5.25. The Kier molecular flexibility index (Phi) is 7.12. The fourth-order valence-corrected chi connectivity index (χ4v) is 3.35. The van der Waals surface area contributed by atoms with Gasteiger partial charge in [-0.2, -0.15) is 0 Å². The number of carboxylic acid groups (broad SMARTS) is 1. The predicted molar refractivity (Wildman–Crippen MR) is 104 cm³/mol. The molecule has 7 heteroatoms. The second-order valence-corrected chi connectivity index (χ2v) is 6.71. The summed E-state index contributed by atoms with van der Waals surface area (Å²) in [6.45, 7) is 8.70. The minimum atomic E-state index is -0.348. The second-order valence-electron chi connectivity index (χ2n) is 6.71. The number of aryl methyl sites for hydroxylation is 2. The molecule has 27 heavy (non-hydrogen) atoms. The van der Waals surface area contributed by atoms with Crippen LogP contribution in [0.3, 0.4) is 0 Å². The van der Waals surface area contributed by atoms with Crippen LogP contribution in [-0.4, -0.2) is 42.0 Å². The van der Waals surface area contributed by atoms with Gasteiger partial charge >= 0.3 is 5.63 Å². The molecule has 2 heterocycles. The zero-order chi connectivity index (χ0) is 20.0. The van der Waals surface area contributed by atoms with Crippen LogP contribution < -0.4 is 10.9 Å². The number of carbonyl (C=O) groups excluding carboxylic acids is 1. The number of benzene rings is 1. The molecule has 146 valence electrons. The number of piperidine rings is 1. The Morgan fingerprint density at radius 1 is 1.26 bits per heavy atom. The van der Waals surface area contributed by atoms with Gasteiger partial charge in [-0.05, 0) is 69.6 Å². The molecule has 1 fully saturated rings. The van der Waals surface area contributed by atoms with Gasteiger partial charge in [0.25, 0.3) is 6.47 Å². The van der Waals surface area contributed by atoms with E-state index in [2.05, 4.69) is 17.1 Å². The molecule has 0 atom stereocenters. The zero-order valence-electron chi connectivity index (χ0n) is 15.9. The minimum absolute atomic E-state index is 0.0673. The summed E-state index contributed by atoms with van der Waals surface area (Å²) in [4.78, 5) is 34.8. The number of nitrogens with zero attached hydrogens (tertiary/aromatic N) is 1. The molecule has 1 saturated heterocycles. The molecule has 0 unspecified atom stereocenters. The van der Waals surface area contributed by atoms with E-state index in [9.17, 15) is 9.59 Å². The Balaban J connectivity index is 0.000000817. The molecule has 0 saturated carbocycles. The highest BCUT2D eigenvalue weighted by atomic mass is 16.4. The van der Waals surface area contributed by atoms with Crippen molar-refractivity contribution in [1.29, 1.82) is 0 Å². The van der Waals surface area contributed by atoms with Gasteiger partial charge in [0.15, 0.2) is 0 Å². The molecule has 1 aromatic carbocycles. The number of amides is 1. The van der Waals surface area contributed by atoms with Crippen LogP contribution >= 0.6 is 0 Å². The van der Waals surface area contributed by atoms with E-state index in [1.54, 1.807) is 0 Å². The largest absolute Gasteiger partial charge is 0.483 e. The quantitative estimate of drug-likeness (QED) is 0.633. The number of rotatable bonds is 3. The van der Waals surface area contributed by atoms with Crippen molar-refractivity contribution in [1.82, 2.24) is 4.90 Å². The van der Waals surface area contributed by atoms with E-state index in [0.717, 1.165) is 54.7 Å². The molecule has 7 nitrogen and oxygen atoms in total. The van der Waals surface area contributed by atoms with Crippen LogP contribution in [0.4, 0.5) is 5.69 Å². The molecule has 1 aliphatic rings. The minimum Gasteiger partial charge on any atom is -0.483 e. The van der Waals surface area contributed by atoms with Crippen LogP contribution in [0.5, 0.6) is 0 Å². The molecule has 1 aromatic heterocycles. The maximum atomic E-state index is 12.6. The van der Waals surface area contributed by atoms with Crippen molar-refractivity contribution >= 4 is 29.0 Å². The molecule has 3 rings (SSSR count). The zero-order valence-corrected chi connectivity index (χ0v) is 15.9. The van der Waals surface area contributed by atoms with Gasteiger partial charge in [-0.25, -0.2) is 4.79 Å². The molecule has 2 aromatic rings. The lowest BCUT2D eigenvalue weighted by Crippen LogP contribution is -2.38. The van der Waals surface area contributed by atoms with Crippen molar-refractivity contribution in [2.24, 2.45) is 5.92 Å². The van der Waals surface area contributed by atoms with Crippen LogP contribution in [0.1, 0.15) is 30.9 Å². The van der Waals surface area contributed by atoms with Gasteiger partial charge in [-0.3, -0.25) is 9.59 Å². The number of likely N-dealkylation sites (tertiary alicyclic amines) is 1. The number of hydrogen-bond donors (Lipinski definition) is 2. The van der Waals surface area contributed by atoms with Crippen molar-refractivity contribution in [3.8, 4) is 0 Å². The Labute approximate surface area is 158 Å². The average Bonchev–Trinajstić information content (AvgIpc) is 2.63. The molecule has 0 radical (unpaired) electrons. The van der Waals surface area contributed by atoms with Crippen molar-refractivity contribution in [2.45, 2.75) is 33.6 Å². The first-order chi connectivity index (χ1) is 12.9. The SMILES string of the molecule is CCN1CCC(C(=O)Nc2cc3c(C)cc(=O)oc3cc2C)CC1.O=CO. The van der Waals surface area contributed by atoms with Crippen LogP contribution in [0.25, 0.3) is 11.0 Å². The van der Waals surface area contributed by atoms with Gasteiger partial charge in [0, 0.05) is 23.1 Å². The fraction of sp³-hybridized carbons (Fsp3) is 0.450. The summed E-state index contributed by atoms with van der Waals surface area (Å²) in [5, 5.41) is 10.8. The highest BCUT2D eigenvalue weighted by Crippen LogP contribution is 2.26. The highest BCUT2D eigenvalue weighted by molar-refractivity contribution is 5.96. The van der Waals surface area contributed by atoms with Crippen molar-refractivity contribution in [3.63, 3.8) is 0 Å². The Hall–Kier alpha value is -2.67. The van der Waals surface area contributed by atoms with Crippen molar-refractivity contribution in [2.75, 3.05) is 25.0 Å². The average molecular weight is 374 g/mol. The van der Waals surface area contributed by atoms with Crippen LogP contribution in [0.15, 0.2) is 27.4 Å². The smallest absolute Gasteiger partial charge is 0.336 e. The summed E-state index contributed by atoms with van der Waals surface area (Å²) in [5.41, 5.74) is 2.76. The summed E-state index contributed by atoms with van der Waals surface area (Å²) in [6, 6.07) is 5.20. The lowest BCUT2D eigenvalue weighted by Gasteiger charge is -2.30. The lowest BCUT2D eigenvalue weighted by molar-refractivity contribution is -0.123. The summed E-state index contributed by atoms with van der Waals surface area (Å²) in [5.74, 6) is 0.154. The molecular weight excluding hydrogens is 348 g/mol. The second kappa shape index (κ2) is 9.32. The van der Waals surface area contributed by atoms with E-state index in [-0.39, 0.29) is 23.9 Å². The fourth-order valence-electron chi connectivity index (χ4n) is 3.35. The van der Waals surface area contributed by atoms with Gasteiger partial charge < -0.3 is 19.7 Å². The first kappa shape index (κ1) is 20.6. The van der Waals surface area contributed by atoms with Gasteiger partial charge in [-0.1, -0.05) is 6.92 Å². The van der Waals surface area contributed by atoms with Gasteiger partial charge in [0.1, 0.15) is 5.58 Å². The summed E-state index contributed by atoms with van der Waals surface area (Å²) in [6.07, 6.45) is 1.81. The highest BCUT2D eigenvalue weighted by Gasteiger charge is 2.24. The summed E-state index contributed by atoms with van der Waals surface area (Å²) >= 11 is 0. The van der Waals surface area contributed by atoms with E-state index < -0.39 is 0 Å². The van der Waals surface area contributed by atoms with E-state index in [1.807, 2.05) is 26.0 Å². The Morgan fingerprint density at radius 2 is 1.89 bits per heavy atom.